The van der Waals surface area contributed by atoms with Crippen LogP contribution in [0.4, 0.5) is 0 Å². The molecule has 0 unspecified atom stereocenters. The molecule has 6 rings (SSSR count). The first-order valence-corrected chi connectivity index (χ1v) is 10.6. The number of rotatable bonds is 3. The van der Waals surface area contributed by atoms with Crippen LogP contribution < -0.4 is 0 Å². The van der Waals surface area contributed by atoms with Crippen molar-refractivity contribution >= 4 is 21.8 Å². The van der Waals surface area contributed by atoms with E-state index in [-0.39, 0.29) is 0 Å². The van der Waals surface area contributed by atoms with E-state index in [1.165, 1.54) is 49.7 Å². The Bertz CT molecular complexity index is 1470. The second-order valence-corrected chi connectivity index (χ2v) is 7.83. The van der Waals surface area contributed by atoms with Crippen LogP contribution in [0.2, 0.25) is 0 Å². The Balaban J connectivity index is 1.59. The summed E-state index contributed by atoms with van der Waals surface area (Å²) in [6, 6.07) is 45.5. The highest BCUT2D eigenvalue weighted by Gasteiger charge is 2.13. The van der Waals surface area contributed by atoms with Crippen molar-refractivity contribution in [3.05, 3.63) is 127 Å². The Kier molecular flexibility index (Phi) is 4.18. The lowest BCUT2D eigenvalue weighted by Gasteiger charge is -2.13. The lowest BCUT2D eigenvalue weighted by atomic mass is 9.94. The zero-order chi connectivity index (χ0) is 20.6. The van der Waals surface area contributed by atoms with Gasteiger partial charge in [0.2, 0.25) is 0 Å². The third-order valence-corrected chi connectivity index (χ3v) is 6.01. The van der Waals surface area contributed by atoms with E-state index in [0.29, 0.717) is 0 Å². The summed E-state index contributed by atoms with van der Waals surface area (Å²) in [5, 5.41) is 2.57. The molecule has 0 bridgehead atoms. The molecule has 0 aliphatic carbocycles. The summed E-state index contributed by atoms with van der Waals surface area (Å²) < 4.78 is 2.37. The predicted molar refractivity (Wildman–Crippen MR) is 132 cm³/mol. The first kappa shape index (κ1) is 17.7. The van der Waals surface area contributed by atoms with Gasteiger partial charge in [-0.25, -0.2) is 0 Å². The van der Waals surface area contributed by atoms with Crippen molar-refractivity contribution in [2.45, 2.75) is 0 Å². The van der Waals surface area contributed by atoms with E-state index in [1.54, 1.807) is 0 Å². The zero-order valence-corrected chi connectivity index (χ0v) is 17.1. The topological polar surface area (TPSA) is 4.93 Å². The van der Waals surface area contributed by atoms with E-state index in [4.69, 9.17) is 0 Å². The van der Waals surface area contributed by atoms with Gasteiger partial charge in [-0.1, -0.05) is 103 Å². The smallest absolute Gasteiger partial charge is 0.0541 e. The van der Waals surface area contributed by atoms with Crippen LogP contribution in [0.15, 0.2) is 127 Å². The predicted octanol–water partition coefficient (Wildman–Crippen LogP) is 8.12. The second kappa shape index (κ2) is 7.30. The van der Waals surface area contributed by atoms with Crippen molar-refractivity contribution in [1.29, 1.82) is 0 Å². The number of nitrogens with zero attached hydrogens (tertiary/aromatic N) is 1. The molecule has 0 saturated carbocycles. The van der Waals surface area contributed by atoms with Crippen LogP contribution in [0, 0.1) is 0 Å². The first-order chi connectivity index (χ1) is 15.4. The number of fused-ring (bicyclic) bond motifs is 3. The van der Waals surface area contributed by atoms with Crippen LogP contribution in [0.5, 0.6) is 0 Å². The molecule has 0 N–H and O–H groups in total. The molecule has 0 radical (unpaired) electrons. The van der Waals surface area contributed by atoms with Crippen molar-refractivity contribution in [3.63, 3.8) is 0 Å². The Hall–Kier alpha value is -4.10. The Morgan fingerprint density at radius 3 is 1.58 bits per heavy atom. The molecule has 0 aliphatic rings. The molecule has 0 amide bonds. The summed E-state index contributed by atoms with van der Waals surface area (Å²) in [6.45, 7) is 0. The van der Waals surface area contributed by atoms with E-state index < -0.39 is 0 Å². The molecule has 146 valence electrons. The van der Waals surface area contributed by atoms with Gasteiger partial charge in [0.15, 0.2) is 0 Å². The van der Waals surface area contributed by atoms with Gasteiger partial charge in [0.05, 0.1) is 11.0 Å². The molecule has 0 spiro atoms. The summed E-state index contributed by atoms with van der Waals surface area (Å²) in [4.78, 5) is 0. The monoisotopic (exact) mass is 395 g/mol. The summed E-state index contributed by atoms with van der Waals surface area (Å²) in [6.07, 6.45) is 0. The Morgan fingerprint density at radius 1 is 0.387 bits per heavy atom. The fourth-order valence-electron chi connectivity index (χ4n) is 4.62. The summed E-state index contributed by atoms with van der Waals surface area (Å²) in [5.41, 5.74) is 8.60. The molecule has 1 heteroatoms. The van der Waals surface area contributed by atoms with E-state index in [0.717, 1.165) is 0 Å². The number of hydrogen-bond donors (Lipinski definition) is 0. The highest BCUT2D eigenvalue weighted by Crippen LogP contribution is 2.35. The maximum Gasteiger partial charge on any atom is 0.0541 e. The molecule has 5 aromatic carbocycles. The SMILES string of the molecule is c1ccc(-c2ccccc2-c2cccc(-n3c4ccccc4c4ccccc43)c2)cc1. The van der Waals surface area contributed by atoms with Gasteiger partial charge in [0.25, 0.3) is 0 Å². The normalized spacial score (nSPS) is 11.2. The van der Waals surface area contributed by atoms with Crippen molar-refractivity contribution in [3.8, 4) is 27.9 Å². The van der Waals surface area contributed by atoms with Crippen LogP contribution in [-0.4, -0.2) is 4.57 Å². The minimum Gasteiger partial charge on any atom is -0.309 e. The van der Waals surface area contributed by atoms with Gasteiger partial charge in [-0.2, -0.15) is 0 Å². The van der Waals surface area contributed by atoms with Gasteiger partial charge >= 0.3 is 0 Å². The van der Waals surface area contributed by atoms with Gasteiger partial charge in [0.1, 0.15) is 0 Å². The third kappa shape index (κ3) is 2.94. The van der Waals surface area contributed by atoms with E-state index in [1.807, 2.05) is 0 Å². The maximum atomic E-state index is 2.37. The van der Waals surface area contributed by atoms with E-state index in [9.17, 15) is 0 Å². The maximum absolute atomic E-state index is 2.37. The highest BCUT2D eigenvalue weighted by atomic mass is 15.0. The molecule has 1 nitrogen and oxygen atoms in total. The van der Waals surface area contributed by atoms with Gasteiger partial charge in [-0.3, -0.25) is 0 Å². The molecule has 31 heavy (non-hydrogen) atoms. The molecule has 0 saturated heterocycles. The quantitative estimate of drug-likeness (QED) is 0.285. The molecule has 0 aliphatic heterocycles. The third-order valence-electron chi connectivity index (χ3n) is 6.01. The van der Waals surface area contributed by atoms with Gasteiger partial charge in [-0.05, 0) is 46.5 Å². The fraction of sp³-hybridized carbons (Fsp3) is 0. The van der Waals surface area contributed by atoms with Gasteiger partial charge in [0, 0.05) is 16.5 Å². The fourth-order valence-corrected chi connectivity index (χ4v) is 4.62. The molecule has 0 fully saturated rings. The Morgan fingerprint density at radius 2 is 0.903 bits per heavy atom. The van der Waals surface area contributed by atoms with E-state index >= 15 is 0 Å². The number of para-hydroxylation sites is 2. The summed E-state index contributed by atoms with van der Waals surface area (Å²) in [7, 11) is 0. The first-order valence-electron chi connectivity index (χ1n) is 10.6. The van der Waals surface area contributed by atoms with Crippen molar-refractivity contribution in [2.24, 2.45) is 0 Å². The largest absolute Gasteiger partial charge is 0.309 e. The summed E-state index contributed by atoms with van der Waals surface area (Å²) in [5.74, 6) is 0. The van der Waals surface area contributed by atoms with Crippen molar-refractivity contribution < 1.29 is 0 Å². The minimum atomic E-state index is 1.18. The second-order valence-electron chi connectivity index (χ2n) is 7.83. The Labute approximate surface area is 181 Å². The van der Waals surface area contributed by atoms with Crippen LogP contribution in [0.3, 0.4) is 0 Å². The standard InChI is InChI=1S/C30H21N/c1-2-11-22(12-3-1)25-15-4-5-16-26(25)23-13-10-14-24(21-23)31-29-19-8-6-17-27(29)28-18-7-9-20-30(28)31/h1-21H. The van der Waals surface area contributed by atoms with E-state index in [2.05, 4.69) is 132 Å². The van der Waals surface area contributed by atoms with Crippen LogP contribution >= 0.6 is 0 Å². The van der Waals surface area contributed by atoms with Gasteiger partial charge in [-0.15, -0.1) is 0 Å². The van der Waals surface area contributed by atoms with Gasteiger partial charge < -0.3 is 4.57 Å². The average molecular weight is 396 g/mol. The number of benzene rings is 5. The number of hydrogen-bond acceptors (Lipinski definition) is 0. The average Bonchev–Trinajstić information content (AvgIpc) is 3.19. The molecule has 0 atom stereocenters. The van der Waals surface area contributed by atoms with Crippen LogP contribution in [0.1, 0.15) is 0 Å². The molecular formula is C30H21N. The summed E-state index contributed by atoms with van der Waals surface area (Å²) >= 11 is 0. The molecule has 6 aromatic rings. The molecule has 1 heterocycles. The molecular weight excluding hydrogens is 374 g/mol. The minimum absolute atomic E-state index is 1.18. The van der Waals surface area contributed by atoms with Crippen molar-refractivity contribution in [2.75, 3.05) is 0 Å². The zero-order valence-electron chi connectivity index (χ0n) is 17.1. The van der Waals surface area contributed by atoms with Crippen LogP contribution in [0.25, 0.3) is 49.7 Å². The van der Waals surface area contributed by atoms with Crippen LogP contribution in [-0.2, 0) is 0 Å². The van der Waals surface area contributed by atoms with Crippen molar-refractivity contribution in [1.82, 2.24) is 4.57 Å². The number of aromatic nitrogens is 1. The highest BCUT2D eigenvalue weighted by molar-refractivity contribution is 6.09. The molecule has 1 aromatic heterocycles. The lowest BCUT2D eigenvalue weighted by molar-refractivity contribution is 1.18. The lowest BCUT2D eigenvalue weighted by Crippen LogP contribution is -1.94.